The topological polar surface area (TPSA) is 98.7 Å². The van der Waals surface area contributed by atoms with Crippen molar-refractivity contribution in [3.63, 3.8) is 0 Å². The Bertz CT molecular complexity index is 1150. The molecular formula is C24H29N3O4S. The monoisotopic (exact) mass is 455 g/mol. The summed E-state index contributed by atoms with van der Waals surface area (Å²) in [5.41, 5.74) is 2.98. The number of para-hydroxylation sites is 1. The normalized spacial score (nSPS) is 16.3. The fourth-order valence-corrected chi connectivity index (χ4v) is 5.82. The van der Waals surface area contributed by atoms with Crippen molar-refractivity contribution in [3.8, 4) is 0 Å². The number of hydrogen-bond donors (Lipinski definition) is 3. The van der Waals surface area contributed by atoms with E-state index < -0.39 is 16.0 Å². The van der Waals surface area contributed by atoms with Crippen molar-refractivity contribution in [1.29, 1.82) is 0 Å². The lowest BCUT2D eigenvalue weighted by Crippen LogP contribution is -2.26. The zero-order chi connectivity index (χ0) is 22.7. The molecule has 1 fully saturated rings. The van der Waals surface area contributed by atoms with Crippen LogP contribution in [-0.4, -0.2) is 50.6 Å². The molecule has 1 saturated heterocycles. The molecule has 0 saturated carbocycles. The third kappa shape index (κ3) is 4.66. The lowest BCUT2D eigenvalue weighted by Gasteiger charge is -2.21. The van der Waals surface area contributed by atoms with Crippen LogP contribution in [0.4, 0.5) is 11.4 Å². The van der Waals surface area contributed by atoms with E-state index in [2.05, 4.69) is 14.9 Å². The standard InChI is InChI=1S/C24H29N3O4S/c1-17-7-6-8-18-11-12-20(23(22(17)18)24(28)29)26-32(30,31)21-10-3-2-9-19(21)25-13-16-27-14-4-5-15-27/h2-3,7,9-12,25-26H,4-6,8,13-16H2,1H3,(H,28,29). The van der Waals surface area contributed by atoms with Crippen molar-refractivity contribution < 1.29 is 18.3 Å². The maximum atomic E-state index is 13.3. The van der Waals surface area contributed by atoms with Crippen molar-refractivity contribution in [1.82, 2.24) is 4.90 Å². The summed E-state index contributed by atoms with van der Waals surface area (Å²) in [5, 5.41) is 13.1. The highest BCUT2D eigenvalue weighted by atomic mass is 32.2. The van der Waals surface area contributed by atoms with Gasteiger partial charge in [-0.15, -0.1) is 0 Å². The number of aromatic carboxylic acids is 1. The summed E-state index contributed by atoms with van der Waals surface area (Å²) in [6.45, 7) is 5.50. The van der Waals surface area contributed by atoms with E-state index >= 15 is 0 Å². The summed E-state index contributed by atoms with van der Waals surface area (Å²) in [4.78, 5) is 14.6. The summed E-state index contributed by atoms with van der Waals surface area (Å²) in [7, 11) is -4.00. The molecule has 0 atom stereocenters. The van der Waals surface area contributed by atoms with Crippen LogP contribution in [0.25, 0.3) is 5.57 Å². The second-order valence-corrected chi connectivity index (χ2v) is 9.98. The summed E-state index contributed by atoms with van der Waals surface area (Å²) in [6.07, 6.45) is 5.99. The molecule has 170 valence electrons. The zero-order valence-corrected chi connectivity index (χ0v) is 19.0. The van der Waals surface area contributed by atoms with Gasteiger partial charge < -0.3 is 15.3 Å². The van der Waals surface area contributed by atoms with E-state index in [0.29, 0.717) is 17.8 Å². The number of rotatable bonds is 8. The number of benzene rings is 2. The first-order valence-corrected chi connectivity index (χ1v) is 12.5. The largest absolute Gasteiger partial charge is 0.478 e. The van der Waals surface area contributed by atoms with E-state index in [4.69, 9.17) is 0 Å². The minimum atomic E-state index is -4.00. The summed E-state index contributed by atoms with van der Waals surface area (Å²) < 4.78 is 29.1. The van der Waals surface area contributed by atoms with Crippen molar-refractivity contribution in [3.05, 3.63) is 59.2 Å². The predicted octanol–water partition coefficient (Wildman–Crippen LogP) is 4.04. The second-order valence-electron chi connectivity index (χ2n) is 8.33. The fraction of sp³-hybridized carbons (Fsp3) is 0.375. The van der Waals surface area contributed by atoms with Gasteiger partial charge in [0.05, 0.1) is 16.9 Å². The number of hydrogen-bond acceptors (Lipinski definition) is 5. The third-order valence-electron chi connectivity index (χ3n) is 6.13. The highest BCUT2D eigenvalue weighted by Crippen LogP contribution is 2.35. The summed E-state index contributed by atoms with van der Waals surface area (Å²) >= 11 is 0. The first-order chi connectivity index (χ1) is 15.4. The van der Waals surface area contributed by atoms with Gasteiger partial charge in [-0.2, -0.15) is 0 Å². The van der Waals surface area contributed by atoms with E-state index in [1.165, 1.54) is 18.9 Å². The van der Waals surface area contributed by atoms with Crippen LogP contribution in [-0.2, 0) is 16.4 Å². The number of fused-ring (bicyclic) bond motifs is 1. The van der Waals surface area contributed by atoms with E-state index in [0.717, 1.165) is 43.6 Å². The Morgan fingerprint density at radius 3 is 2.59 bits per heavy atom. The Balaban J connectivity index is 1.61. The van der Waals surface area contributed by atoms with Crippen molar-refractivity contribution in [2.45, 2.75) is 37.5 Å². The van der Waals surface area contributed by atoms with Crippen LogP contribution in [0.3, 0.4) is 0 Å². The van der Waals surface area contributed by atoms with Crippen LogP contribution in [0.1, 0.15) is 47.7 Å². The zero-order valence-electron chi connectivity index (χ0n) is 18.2. The average molecular weight is 456 g/mol. The number of carbonyl (C=O) groups is 1. The molecule has 32 heavy (non-hydrogen) atoms. The highest BCUT2D eigenvalue weighted by Gasteiger charge is 2.26. The Labute approximate surface area is 189 Å². The molecule has 2 aromatic carbocycles. The van der Waals surface area contributed by atoms with Gasteiger partial charge in [0.15, 0.2) is 0 Å². The predicted molar refractivity (Wildman–Crippen MR) is 127 cm³/mol. The van der Waals surface area contributed by atoms with Crippen LogP contribution in [0.5, 0.6) is 0 Å². The molecule has 2 aliphatic rings. The average Bonchev–Trinajstić information content (AvgIpc) is 3.27. The minimum absolute atomic E-state index is 0.000927. The molecule has 1 heterocycles. The van der Waals surface area contributed by atoms with Crippen molar-refractivity contribution in [2.24, 2.45) is 0 Å². The molecule has 0 radical (unpaired) electrons. The molecular weight excluding hydrogens is 426 g/mol. The highest BCUT2D eigenvalue weighted by molar-refractivity contribution is 7.92. The lowest BCUT2D eigenvalue weighted by molar-refractivity contribution is 0.0697. The molecule has 2 aromatic rings. The molecule has 0 spiro atoms. The maximum Gasteiger partial charge on any atom is 0.338 e. The van der Waals surface area contributed by atoms with Gasteiger partial charge in [-0.1, -0.05) is 24.3 Å². The molecule has 1 aliphatic carbocycles. The van der Waals surface area contributed by atoms with Crippen LogP contribution in [0.2, 0.25) is 0 Å². The van der Waals surface area contributed by atoms with Crippen LogP contribution in [0.15, 0.2) is 47.4 Å². The smallest absolute Gasteiger partial charge is 0.338 e. The molecule has 0 amide bonds. The van der Waals surface area contributed by atoms with Gasteiger partial charge >= 0.3 is 5.97 Å². The Hall–Kier alpha value is -2.84. The molecule has 0 unspecified atom stereocenters. The van der Waals surface area contributed by atoms with Gasteiger partial charge in [-0.3, -0.25) is 4.72 Å². The molecule has 3 N–H and O–H groups in total. The van der Waals surface area contributed by atoms with Gasteiger partial charge in [-0.25, -0.2) is 13.2 Å². The minimum Gasteiger partial charge on any atom is -0.478 e. The lowest BCUT2D eigenvalue weighted by atomic mass is 9.87. The number of likely N-dealkylation sites (tertiary alicyclic amines) is 1. The van der Waals surface area contributed by atoms with Crippen molar-refractivity contribution in [2.75, 3.05) is 36.2 Å². The van der Waals surface area contributed by atoms with E-state index in [1.807, 2.05) is 19.1 Å². The fourth-order valence-electron chi connectivity index (χ4n) is 4.56. The number of aryl methyl sites for hydroxylation is 1. The molecule has 4 rings (SSSR count). The van der Waals surface area contributed by atoms with E-state index in [9.17, 15) is 18.3 Å². The maximum absolute atomic E-state index is 13.3. The Morgan fingerprint density at radius 2 is 1.84 bits per heavy atom. The van der Waals surface area contributed by atoms with Gasteiger partial charge in [0.25, 0.3) is 10.0 Å². The summed E-state index contributed by atoms with van der Waals surface area (Å²) in [6, 6.07) is 10.1. The number of allylic oxidation sites excluding steroid dienone is 2. The first kappa shape index (κ1) is 22.4. The number of carboxylic acids is 1. The molecule has 0 aromatic heterocycles. The Morgan fingerprint density at radius 1 is 1.09 bits per heavy atom. The second kappa shape index (κ2) is 9.34. The van der Waals surface area contributed by atoms with Crippen LogP contribution in [0, 0.1) is 0 Å². The number of nitrogens with zero attached hydrogens (tertiary/aromatic N) is 1. The van der Waals surface area contributed by atoms with Gasteiger partial charge in [0.2, 0.25) is 0 Å². The van der Waals surface area contributed by atoms with Crippen LogP contribution >= 0.6 is 0 Å². The molecule has 7 nitrogen and oxygen atoms in total. The van der Waals surface area contributed by atoms with Gasteiger partial charge in [0.1, 0.15) is 4.90 Å². The van der Waals surface area contributed by atoms with Crippen LogP contribution < -0.4 is 10.0 Å². The van der Waals surface area contributed by atoms with Gasteiger partial charge in [0, 0.05) is 13.1 Å². The molecule has 8 heteroatoms. The van der Waals surface area contributed by atoms with E-state index in [-0.39, 0.29) is 16.1 Å². The Kier molecular flexibility index (Phi) is 6.53. The number of nitrogens with one attached hydrogen (secondary N) is 2. The quantitative estimate of drug-likeness (QED) is 0.556. The van der Waals surface area contributed by atoms with Crippen molar-refractivity contribution >= 4 is 32.9 Å². The molecule has 0 bridgehead atoms. The third-order valence-corrected chi connectivity index (χ3v) is 7.55. The number of carboxylic acid groups (broad SMARTS) is 1. The SMILES string of the molecule is CC1=CCCc2ccc(NS(=O)(=O)c3ccccc3NCCN3CCCC3)c(C(=O)O)c21. The first-order valence-electron chi connectivity index (χ1n) is 11.0. The molecule has 1 aliphatic heterocycles. The number of anilines is 2. The summed E-state index contributed by atoms with van der Waals surface area (Å²) in [5.74, 6) is -1.15. The number of sulfonamides is 1. The van der Waals surface area contributed by atoms with Gasteiger partial charge in [-0.05, 0) is 80.6 Å². The van der Waals surface area contributed by atoms with E-state index in [1.54, 1.807) is 24.3 Å².